The molecule has 21 heavy (non-hydrogen) atoms. The molecular weight excluding hydrogens is 264 g/mol. The van der Waals surface area contributed by atoms with E-state index in [0.717, 1.165) is 37.3 Å². The van der Waals surface area contributed by atoms with Crippen molar-refractivity contribution in [1.82, 2.24) is 4.98 Å². The number of para-hydroxylation sites is 1. The zero-order chi connectivity index (χ0) is 14.7. The van der Waals surface area contributed by atoms with Crippen molar-refractivity contribution in [2.24, 2.45) is 0 Å². The van der Waals surface area contributed by atoms with Gasteiger partial charge in [-0.3, -0.25) is 0 Å². The fourth-order valence-corrected chi connectivity index (χ4v) is 3.07. The van der Waals surface area contributed by atoms with Gasteiger partial charge in [0.05, 0.1) is 12.7 Å². The average molecular weight is 286 g/mol. The Morgan fingerprint density at radius 2 is 2.24 bits per heavy atom. The van der Waals surface area contributed by atoms with E-state index in [1.807, 2.05) is 6.20 Å². The first-order valence-electron chi connectivity index (χ1n) is 7.70. The van der Waals surface area contributed by atoms with E-state index in [9.17, 15) is 5.11 Å². The fraction of sp³-hybridized carbons (Fsp3) is 0.471. The topological polar surface area (TPSA) is 49.5 Å². The van der Waals surface area contributed by atoms with Crippen molar-refractivity contribution in [2.45, 2.75) is 45.2 Å². The molecule has 1 aliphatic rings. The van der Waals surface area contributed by atoms with E-state index >= 15 is 0 Å². The number of oxazole rings is 1. The molecule has 1 aliphatic heterocycles. The number of rotatable bonds is 5. The molecule has 1 unspecified atom stereocenters. The van der Waals surface area contributed by atoms with Gasteiger partial charge in [0.15, 0.2) is 0 Å². The van der Waals surface area contributed by atoms with E-state index in [2.05, 4.69) is 41.1 Å². The first-order valence-corrected chi connectivity index (χ1v) is 7.70. The third-order valence-electron chi connectivity index (χ3n) is 4.21. The van der Waals surface area contributed by atoms with Gasteiger partial charge in [0.25, 0.3) is 0 Å². The van der Waals surface area contributed by atoms with Gasteiger partial charge in [-0.2, -0.15) is 0 Å². The normalized spacial score (nSPS) is 17.8. The van der Waals surface area contributed by atoms with Crippen LogP contribution in [0.2, 0.25) is 0 Å². The van der Waals surface area contributed by atoms with E-state index in [1.165, 1.54) is 11.3 Å². The number of hydrogen-bond acceptors (Lipinski definition) is 4. The van der Waals surface area contributed by atoms with E-state index in [0.29, 0.717) is 12.6 Å². The summed E-state index contributed by atoms with van der Waals surface area (Å²) in [5.74, 6) is 1.68. The van der Waals surface area contributed by atoms with E-state index < -0.39 is 0 Å². The van der Waals surface area contributed by atoms with Gasteiger partial charge in [0.1, 0.15) is 5.76 Å². The number of anilines is 1. The molecule has 0 saturated heterocycles. The number of aryl methyl sites for hydroxylation is 2. The summed E-state index contributed by atoms with van der Waals surface area (Å²) in [6.45, 7) is 2.95. The number of fused-ring (bicyclic) bond motifs is 1. The number of aliphatic hydroxyl groups is 1. The van der Waals surface area contributed by atoms with Crippen molar-refractivity contribution in [3.05, 3.63) is 47.7 Å². The van der Waals surface area contributed by atoms with Gasteiger partial charge in [-0.25, -0.2) is 4.98 Å². The monoisotopic (exact) mass is 286 g/mol. The molecule has 3 rings (SSSR count). The lowest BCUT2D eigenvalue weighted by Crippen LogP contribution is -2.39. The van der Waals surface area contributed by atoms with Gasteiger partial charge in [0, 0.05) is 24.8 Å². The molecule has 4 nitrogen and oxygen atoms in total. The Hall–Kier alpha value is -1.81. The molecule has 112 valence electrons. The minimum atomic E-state index is 0.217. The summed E-state index contributed by atoms with van der Waals surface area (Å²) < 4.78 is 5.76. The van der Waals surface area contributed by atoms with Crippen LogP contribution in [-0.2, 0) is 19.4 Å². The number of benzene rings is 1. The number of hydrogen-bond donors (Lipinski definition) is 1. The fourth-order valence-electron chi connectivity index (χ4n) is 3.07. The first-order chi connectivity index (χ1) is 10.3. The van der Waals surface area contributed by atoms with Gasteiger partial charge in [-0.15, -0.1) is 0 Å². The molecule has 2 heterocycles. The molecule has 2 aromatic rings. The zero-order valence-electron chi connectivity index (χ0n) is 12.5. The lowest BCUT2D eigenvalue weighted by molar-refractivity contribution is 0.265. The Balaban J connectivity index is 1.87. The van der Waals surface area contributed by atoms with Crippen molar-refractivity contribution in [3.63, 3.8) is 0 Å². The Labute approximate surface area is 125 Å². The van der Waals surface area contributed by atoms with Gasteiger partial charge in [0.2, 0.25) is 5.89 Å². The Bertz CT molecular complexity index is 594. The van der Waals surface area contributed by atoms with Gasteiger partial charge < -0.3 is 14.4 Å². The van der Waals surface area contributed by atoms with Crippen LogP contribution in [0, 0.1) is 0 Å². The number of aliphatic hydroxyl groups excluding tert-OH is 1. The number of nitrogens with zero attached hydrogens (tertiary/aromatic N) is 2. The number of aromatic nitrogens is 1. The van der Waals surface area contributed by atoms with Crippen LogP contribution in [0.1, 0.15) is 37.0 Å². The molecule has 1 aromatic carbocycles. The molecule has 0 saturated carbocycles. The molecule has 1 atom stereocenters. The van der Waals surface area contributed by atoms with Gasteiger partial charge in [-0.05, 0) is 30.9 Å². The summed E-state index contributed by atoms with van der Waals surface area (Å²) in [5, 5.41) is 9.33. The largest absolute Gasteiger partial charge is 0.444 e. The Morgan fingerprint density at radius 1 is 1.38 bits per heavy atom. The van der Waals surface area contributed by atoms with E-state index in [-0.39, 0.29) is 6.61 Å². The van der Waals surface area contributed by atoms with Crippen LogP contribution in [0.3, 0.4) is 0 Å². The minimum absolute atomic E-state index is 0.217. The van der Waals surface area contributed by atoms with Crippen LogP contribution in [-0.4, -0.2) is 22.7 Å². The van der Waals surface area contributed by atoms with Crippen molar-refractivity contribution in [2.75, 3.05) is 11.5 Å². The molecule has 0 spiro atoms. The molecule has 4 heteroatoms. The quantitative estimate of drug-likeness (QED) is 0.918. The third kappa shape index (κ3) is 2.95. The summed E-state index contributed by atoms with van der Waals surface area (Å²) >= 11 is 0. The van der Waals surface area contributed by atoms with Crippen molar-refractivity contribution in [1.29, 1.82) is 0 Å². The molecule has 1 aromatic heterocycles. The van der Waals surface area contributed by atoms with Crippen LogP contribution in [0.5, 0.6) is 0 Å². The maximum Gasteiger partial charge on any atom is 0.213 e. The van der Waals surface area contributed by atoms with Crippen LogP contribution in [0.4, 0.5) is 5.69 Å². The predicted molar refractivity (Wildman–Crippen MR) is 82.3 cm³/mol. The second-order valence-corrected chi connectivity index (χ2v) is 5.54. The molecule has 0 amide bonds. The predicted octanol–water partition coefficient (Wildman–Crippen LogP) is 2.94. The smallest absolute Gasteiger partial charge is 0.213 e. The average Bonchev–Trinajstić information content (AvgIpc) is 2.97. The molecule has 0 fully saturated rings. The Kier molecular flexibility index (Phi) is 4.25. The van der Waals surface area contributed by atoms with Crippen molar-refractivity contribution in [3.8, 4) is 0 Å². The highest BCUT2D eigenvalue weighted by Crippen LogP contribution is 2.33. The van der Waals surface area contributed by atoms with Gasteiger partial charge in [-0.1, -0.05) is 25.1 Å². The summed E-state index contributed by atoms with van der Waals surface area (Å²) in [4.78, 5) is 6.71. The van der Waals surface area contributed by atoms with Crippen LogP contribution in [0.25, 0.3) is 0 Å². The SMILES string of the molecule is CCc1cnc(CN2c3ccccc3CCC2CCO)o1. The highest BCUT2D eigenvalue weighted by atomic mass is 16.4. The maximum atomic E-state index is 9.33. The molecule has 0 radical (unpaired) electrons. The third-order valence-corrected chi connectivity index (χ3v) is 4.21. The first kappa shape index (κ1) is 14.1. The highest BCUT2D eigenvalue weighted by Gasteiger charge is 2.26. The van der Waals surface area contributed by atoms with E-state index in [1.54, 1.807) is 0 Å². The highest BCUT2D eigenvalue weighted by molar-refractivity contribution is 5.56. The van der Waals surface area contributed by atoms with Gasteiger partial charge >= 0.3 is 0 Å². The van der Waals surface area contributed by atoms with Crippen LogP contribution >= 0.6 is 0 Å². The zero-order valence-corrected chi connectivity index (χ0v) is 12.5. The maximum absolute atomic E-state index is 9.33. The molecule has 1 N–H and O–H groups in total. The summed E-state index contributed by atoms with van der Waals surface area (Å²) in [5.41, 5.74) is 2.62. The minimum Gasteiger partial charge on any atom is -0.444 e. The van der Waals surface area contributed by atoms with Crippen molar-refractivity contribution < 1.29 is 9.52 Å². The summed E-state index contributed by atoms with van der Waals surface area (Å²) in [7, 11) is 0. The van der Waals surface area contributed by atoms with Crippen LogP contribution in [0.15, 0.2) is 34.9 Å². The summed E-state index contributed by atoms with van der Waals surface area (Å²) in [6, 6.07) is 8.85. The lowest BCUT2D eigenvalue weighted by Gasteiger charge is -2.38. The Morgan fingerprint density at radius 3 is 3.00 bits per heavy atom. The van der Waals surface area contributed by atoms with E-state index in [4.69, 9.17) is 4.42 Å². The van der Waals surface area contributed by atoms with Crippen molar-refractivity contribution >= 4 is 5.69 Å². The summed E-state index contributed by atoms with van der Waals surface area (Å²) in [6.07, 6.45) is 5.60. The standard InChI is InChI=1S/C17H22N2O2/c1-2-15-11-18-17(21-15)12-19-14(9-10-20)8-7-13-5-3-4-6-16(13)19/h3-6,11,14,20H,2,7-10,12H2,1H3. The molecule has 0 aliphatic carbocycles. The van der Waals surface area contributed by atoms with Crippen LogP contribution < -0.4 is 4.90 Å². The second kappa shape index (κ2) is 6.31. The second-order valence-electron chi connectivity index (χ2n) is 5.54. The lowest BCUT2D eigenvalue weighted by atomic mass is 9.94. The molecule has 0 bridgehead atoms. The molecular formula is C17H22N2O2.